The Bertz CT molecular complexity index is 1260. The maximum Gasteiger partial charge on any atom is 0.281 e. The number of hydrogen-bond donors (Lipinski definition) is 3. The Morgan fingerprint density at radius 3 is 2.32 bits per heavy atom. The van der Waals surface area contributed by atoms with E-state index in [1.807, 2.05) is 18.9 Å². The lowest BCUT2D eigenvalue weighted by Gasteiger charge is -2.29. The van der Waals surface area contributed by atoms with Crippen LogP contribution in [0.4, 0.5) is 8.78 Å². The van der Waals surface area contributed by atoms with Crippen molar-refractivity contribution in [2.45, 2.75) is 56.3 Å². The van der Waals surface area contributed by atoms with Crippen LogP contribution >= 0.6 is 0 Å². The molecule has 2 aliphatic heterocycles. The zero-order valence-corrected chi connectivity index (χ0v) is 20.8. The molecule has 3 fully saturated rings. The molecule has 1 unspecified atom stereocenters. The molecule has 38 heavy (non-hydrogen) atoms. The smallest absolute Gasteiger partial charge is 0.281 e. The predicted octanol–water partition coefficient (Wildman–Crippen LogP) is 2.03. The Morgan fingerprint density at radius 1 is 1.16 bits per heavy atom. The fourth-order valence-corrected chi connectivity index (χ4v) is 5.18. The van der Waals surface area contributed by atoms with Crippen LogP contribution in [-0.2, 0) is 33.4 Å². The molecule has 2 saturated carbocycles. The molecule has 2 aromatic rings. The summed E-state index contributed by atoms with van der Waals surface area (Å²) in [4.78, 5) is 45.0. The van der Waals surface area contributed by atoms with E-state index >= 15 is 0 Å². The highest BCUT2D eigenvalue weighted by Gasteiger charge is 2.92. The lowest BCUT2D eigenvalue weighted by atomic mass is 9.98. The average Bonchev–Trinajstić information content (AvgIpc) is 3.69. The van der Waals surface area contributed by atoms with Gasteiger partial charge >= 0.3 is 0 Å². The van der Waals surface area contributed by atoms with Crippen LogP contribution in [0.5, 0.6) is 5.75 Å². The second-order valence-electron chi connectivity index (χ2n) is 9.87. The normalized spacial score (nSPS) is 26.6. The number of aliphatic hydroxyl groups is 1. The Labute approximate surface area is 217 Å². The second-order valence-corrected chi connectivity index (χ2v) is 9.87. The van der Waals surface area contributed by atoms with E-state index in [9.17, 15) is 28.3 Å². The van der Waals surface area contributed by atoms with Gasteiger partial charge in [-0.3, -0.25) is 19.7 Å². The number of nitrogens with two attached hydrogens (primary N) is 1. The van der Waals surface area contributed by atoms with Crippen molar-refractivity contribution >= 4 is 24.5 Å². The van der Waals surface area contributed by atoms with Crippen molar-refractivity contribution in [1.82, 2.24) is 10.2 Å². The molecule has 202 valence electrons. The van der Waals surface area contributed by atoms with Crippen molar-refractivity contribution in [3.63, 3.8) is 0 Å². The van der Waals surface area contributed by atoms with Crippen LogP contribution in [0.1, 0.15) is 52.7 Å². The zero-order chi connectivity index (χ0) is 27.9. The molecule has 2 aromatic carbocycles. The predicted molar refractivity (Wildman–Crippen MR) is 131 cm³/mol. The topological polar surface area (TPSA) is 139 Å². The van der Waals surface area contributed by atoms with Crippen LogP contribution in [0.2, 0.25) is 0 Å². The standard InChI is InChI=1S/C14H15N3O3.C12H12F2O2.CH2O/c15-6-8-1-2-9-7-17(14(20)10(9)5-8)11-3-4-12(18)16-13(11)19;1-16-9-4-2-8(3-5-9)12(13,14)10-6-11(10,15)7-10;1-2/h1-2,5,11H,3-4,6-7,15H2,(H,16,18,19);2-5,15H,6-7H2,1H3;1H2. The van der Waals surface area contributed by atoms with Crippen molar-refractivity contribution in [3.8, 4) is 5.75 Å². The van der Waals surface area contributed by atoms with Gasteiger partial charge in [-0.05, 0) is 60.7 Å². The van der Waals surface area contributed by atoms with Gasteiger partial charge in [-0.1, -0.05) is 12.1 Å². The van der Waals surface area contributed by atoms with Crippen LogP contribution < -0.4 is 15.8 Å². The summed E-state index contributed by atoms with van der Waals surface area (Å²) in [5.41, 5.74) is 5.68. The van der Waals surface area contributed by atoms with Gasteiger partial charge in [0.2, 0.25) is 11.8 Å². The van der Waals surface area contributed by atoms with Crippen LogP contribution in [0.15, 0.2) is 42.5 Å². The van der Waals surface area contributed by atoms with E-state index in [1.165, 1.54) is 36.3 Å². The lowest BCUT2D eigenvalue weighted by Crippen LogP contribution is -2.52. The number of nitrogens with zero attached hydrogens (tertiary/aromatic N) is 1. The lowest BCUT2D eigenvalue weighted by molar-refractivity contribution is -0.136. The third kappa shape index (κ3) is 4.45. The van der Waals surface area contributed by atoms with Crippen LogP contribution in [-0.4, -0.2) is 53.3 Å². The van der Waals surface area contributed by atoms with Crippen LogP contribution in [0.3, 0.4) is 0 Å². The van der Waals surface area contributed by atoms with Gasteiger partial charge < -0.3 is 25.3 Å². The molecule has 4 N–H and O–H groups in total. The van der Waals surface area contributed by atoms with Gasteiger partial charge in [0.15, 0.2) is 0 Å². The van der Waals surface area contributed by atoms with Crippen molar-refractivity contribution in [2.24, 2.45) is 11.1 Å². The van der Waals surface area contributed by atoms with Crippen LogP contribution in [0, 0.1) is 5.41 Å². The van der Waals surface area contributed by atoms with E-state index in [0.29, 0.717) is 30.8 Å². The number of carbonyl (C=O) groups is 4. The molecule has 2 aliphatic carbocycles. The quantitative estimate of drug-likeness (QED) is 0.504. The first-order chi connectivity index (χ1) is 18.0. The monoisotopic (exact) mass is 529 g/mol. The number of benzene rings is 2. The van der Waals surface area contributed by atoms with Gasteiger partial charge in [-0.2, -0.15) is 0 Å². The summed E-state index contributed by atoms with van der Waals surface area (Å²) in [6.45, 7) is 2.78. The van der Waals surface area contributed by atoms with Gasteiger partial charge in [0.25, 0.3) is 11.8 Å². The Morgan fingerprint density at radius 2 is 1.79 bits per heavy atom. The molecular weight excluding hydrogens is 500 g/mol. The Balaban J connectivity index is 0.000000170. The van der Waals surface area contributed by atoms with Crippen molar-refractivity contribution in [1.29, 1.82) is 0 Å². The first-order valence-electron chi connectivity index (χ1n) is 12.1. The molecule has 0 spiro atoms. The SMILES string of the molecule is C=O.COc1ccc(C(F)(F)C23CC2(O)C3)cc1.NCc1ccc2c(c1)C(=O)N(C1CCC(=O)NC1=O)C2. The van der Waals surface area contributed by atoms with E-state index in [2.05, 4.69) is 5.32 Å². The van der Waals surface area contributed by atoms with E-state index in [0.717, 1.165) is 11.1 Å². The molecule has 0 aromatic heterocycles. The summed E-state index contributed by atoms with van der Waals surface area (Å²) in [5, 5.41) is 11.8. The fourth-order valence-electron chi connectivity index (χ4n) is 5.18. The highest BCUT2D eigenvalue weighted by atomic mass is 19.3. The minimum Gasteiger partial charge on any atom is -0.497 e. The molecule has 4 aliphatic rings. The number of hydrogen-bond acceptors (Lipinski definition) is 7. The second kappa shape index (κ2) is 9.88. The zero-order valence-electron chi connectivity index (χ0n) is 20.8. The number of alkyl halides is 2. The molecule has 0 bridgehead atoms. The minimum absolute atomic E-state index is 0.0401. The molecule has 9 nitrogen and oxygen atoms in total. The van der Waals surface area contributed by atoms with Crippen molar-refractivity contribution < 1.29 is 37.8 Å². The summed E-state index contributed by atoms with van der Waals surface area (Å²) >= 11 is 0. The van der Waals surface area contributed by atoms with E-state index in [-0.39, 0.29) is 42.5 Å². The summed E-state index contributed by atoms with van der Waals surface area (Å²) in [6.07, 6.45) is 1.09. The van der Waals surface area contributed by atoms with Crippen molar-refractivity contribution in [2.75, 3.05) is 7.11 Å². The molecule has 1 saturated heterocycles. The number of amides is 3. The molecular formula is C27H29F2N3O6. The molecule has 3 amide bonds. The van der Waals surface area contributed by atoms with E-state index < -0.39 is 23.0 Å². The van der Waals surface area contributed by atoms with Gasteiger partial charge in [0.1, 0.15) is 18.6 Å². The Kier molecular flexibility index (Phi) is 7.11. The number of piperidine rings is 1. The summed E-state index contributed by atoms with van der Waals surface area (Å²) in [5.74, 6) is -3.21. The average molecular weight is 530 g/mol. The molecule has 2 heterocycles. The summed E-state index contributed by atoms with van der Waals surface area (Å²) in [7, 11) is 1.49. The molecule has 1 atom stereocenters. The number of halogens is 2. The molecule has 0 radical (unpaired) electrons. The number of imide groups is 1. The molecule has 11 heteroatoms. The Hall–Kier alpha value is -3.70. The third-order valence-electron chi connectivity index (χ3n) is 7.71. The highest BCUT2D eigenvalue weighted by Crippen LogP contribution is 2.86. The van der Waals surface area contributed by atoms with Crippen LogP contribution in [0.25, 0.3) is 0 Å². The third-order valence-corrected chi connectivity index (χ3v) is 7.71. The highest BCUT2D eigenvalue weighted by molar-refractivity contribution is 6.05. The molecule has 6 rings (SSSR count). The maximum absolute atomic E-state index is 14.0. The first-order valence-corrected chi connectivity index (χ1v) is 12.1. The number of carbonyl (C=O) groups excluding carboxylic acids is 4. The van der Waals surface area contributed by atoms with Gasteiger partial charge in [-0.25, -0.2) is 8.78 Å². The first kappa shape index (κ1) is 27.3. The van der Waals surface area contributed by atoms with Gasteiger partial charge in [0.05, 0.1) is 18.1 Å². The fraction of sp³-hybridized carbons (Fsp3) is 0.407. The van der Waals surface area contributed by atoms with Crippen molar-refractivity contribution in [3.05, 3.63) is 64.7 Å². The number of nitrogens with one attached hydrogen (secondary N) is 1. The van der Waals surface area contributed by atoms with Gasteiger partial charge in [0, 0.05) is 30.6 Å². The van der Waals surface area contributed by atoms with Gasteiger partial charge in [-0.15, -0.1) is 0 Å². The number of methoxy groups -OCH3 is 1. The van der Waals surface area contributed by atoms with E-state index in [4.69, 9.17) is 15.3 Å². The number of rotatable bonds is 5. The summed E-state index contributed by atoms with van der Waals surface area (Å²) in [6, 6.07) is 10.8. The maximum atomic E-state index is 14.0. The number of ether oxygens (including phenoxy) is 1. The largest absolute Gasteiger partial charge is 0.497 e. The van der Waals surface area contributed by atoms with E-state index in [1.54, 1.807) is 6.07 Å². The summed E-state index contributed by atoms with van der Waals surface area (Å²) < 4.78 is 33.0. The number of fused-ring (bicyclic) bond motifs is 2. The minimum atomic E-state index is -2.94.